The van der Waals surface area contributed by atoms with Crippen LogP contribution in [0.5, 0.6) is 0 Å². The van der Waals surface area contributed by atoms with Gasteiger partial charge >= 0.3 is 35.8 Å². The zero-order valence-electron chi connectivity index (χ0n) is 17.1. The van der Waals surface area contributed by atoms with E-state index in [0.29, 0.717) is 0 Å². The largest absolute Gasteiger partial charge is 0.478 e. The van der Waals surface area contributed by atoms with E-state index in [-0.39, 0.29) is 25.7 Å². The molecule has 170 valence electrons. The molecule has 0 aliphatic heterocycles. The first-order valence-electron chi connectivity index (χ1n) is 9.25. The SMILES string of the molecule is CCC(=O)OC(C(=O)O)C(OC(=O)CC)C(OC(=O)CC)C(OC(=O)CC)C(=O)O. The van der Waals surface area contributed by atoms with Gasteiger partial charge in [0, 0.05) is 25.7 Å². The molecule has 0 rings (SSSR count). The summed E-state index contributed by atoms with van der Waals surface area (Å²) in [6, 6.07) is 0. The van der Waals surface area contributed by atoms with Crippen LogP contribution < -0.4 is 0 Å². The number of aliphatic carboxylic acids is 2. The van der Waals surface area contributed by atoms with Crippen LogP contribution in [0, 0.1) is 0 Å². The Bertz CT molecular complexity index is 600. The van der Waals surface area contributed by atoms with Crippen LogP contribution in [0.2, 0.25) is 0 Å². The number of hydrogen-bond acceptors (Lipinski definition) is 10. The Labute approximate surface area is 172 Å². The first-order chi connectivity index (χ1) is 14.0. The van der Waals surface area contributed by atoms with Crippen LogP contribution in [0.3, 0.4) is 0 Å². The lowest BCUT2D eigenvalue weighted by Crippen LogP contribution is -2.56. The summed E-state index contributed by atoms with van der Waals surface area (Å²) in [5.74, 6) is -7.59. The highest BCUT2D eigenvalue weighted by Crippen LogP contribution is 2.21. The van der Waals surface area contributed by atoms with E-state index in [0.717, 1.165) is 0 Å². The van der Waals surface area contributed by atoms with E-state index in [1.165, 1.54) is 27.7 Å². The molecule has 2 N–H and O–H groups in total. The third-order valence-electron chi connectivity index (χ3n) is 3.61. The summed E-state index contributed by atoms with van der Waals surface area (Å²) in [5.41, 5.74) is 0. The van der Waals surface area contributed by atoms with E-state index in [1.807, 2.05) is 0 Å². The molecule has 0 saturated heterocycles. The summed E-state index contributed by atoms with van der Waals surface area (Å²) in [7, 11) is 0. The number of carbonyl (C=O) groups is 6. The van der Waals surface area contributed by atoms with Crippen LogP contribution in [0.4, 0.5) is 0 Å². The zero-order valence-corrected chi connectivity index (χ0v) is 17.1. The van der Waals surface area contributed by atoms with Gasteiger partial charge in [0.1, 0.15) is 0 Å². The maximum absolute atomic E-state index is 11.9. The minimum atomic E-state index is -2.23. The molecular formula is C18H26O12. The van der Waals surface area contributed by atoms with Crippen LogP contribution in [-0.2, 0) is 47.7 Å². The van der Waals surface area contributed by atoms with Crippen molar-refractivity contribution in [2.75, 3.05) is 0 Å². The summed E-state index contributed by atoms with van der Waals surface area (Å²) < 4.78 is 19.6. The lowest BCUT2D eigenvalue weighted by molar-refractivity contribution is -0.208. The zero-order chi connectivity index (χ0) is 23.4. The average molecular weight is 434 g/mol. The summed E-state index contributed by atoms with van der Waals surface area (Å²) in [6.45, 7) is 5.47. The van der Waals surface area contributed by atoms with E-state index in [4.69, 9.17) is 18.9 Å². The fraction of sp³-hybridized carbons (Fsp3) is 0.667. The van der Waals surface area contributed by atoms with Gasteiger partial charge in [-0.25, -0.2) is 9.59 Å². The number of ether oxygens (including phenoxy) is 4. The summed E-state index contributed by atoms with van der Waals surface area (Å²) in [6.07, 6.45) is -9.68. The van der Waals surface area contributed by atoms with Gasteiger partial charge in [-0.15, -0.1) is 0 Å². The molecule has 4 atom stereocenters. The van der Waals surface area contributed by atoms with E-state index in [9.17, 15) is 39.0 Å². The van der Waals surface area contributed by atoms with E-state index in [2.05, 4.69) is 0 Å². The van der Waals surface area contributed by atoms with Crippen molar-refractivity contribution in [1.29, 1.82) is 0 Å². The number of carboxylic acid groups (broad SMARTS) is 2. The predicted octanol–water partition coefficient (Wildman–Crippen LogP) is 0.443. The van der Waals surface area contributed by atoms with E-state index < -0.39 is 60.2 Å². The molecule has 0 amide bonds. The van der Waals surface area contributed by atoms with Crippen molar-refractivity contribution in [3.8, 4) is 0 Å². The molecule has 0 aromatic heterocycles. The molecule has 0 aliphatic rings. The highest BCUT2D eigenvalue weighted by molar-refractivity contribution is 5.82. The molecular weight excluding hydrogens is 408 g/mol. The molecule has 0 saturated carbocycles. The molecule has 0 heterocycles. The van der Waals surface area contributed by atoms with Gasteiger partial charge in [0.15, 0.2) is 12.2 Å². The monoisotopic (exact) mass is 434 g/mol. The number of rotatable bonds is 13. The highest BCUT2D eigenvalue weighted by atomic mass is 16.6. The molecule has 0 aromatic carbocycles. The highest BCUT2D eigenvalue weighted by Gasteiger charge is 2.49. The van der Waals surface area contributed by atoms with Crippen LogP contribution >= 0.6 is 0 Å². The molecule has 0 radical (unpaired) electrons. The Balaban J connectivity index is 6.44. The van der Waals surface area contributed by atoms with Crippen molar-refractivity contribution in [3.05, 3.63) is 0 Å². The van der Waals surface area contributed by atoms with E-state index in [1.54, 1.807) is 0 Å². The van der Waals surface area contributed by atoms with Crippen LogP contribution in [-0.4, -0.2) is 70.4 Å². The van der Waals surface area contributed by atoms with Crippen molar-refractivity contribution in [3.63, 3.8) is 0 Å². The molecule has 0 aromatic rings. The lowest BCUT2D eigenvalue weighted by atomic mass is 10.0. The van der Waals surface area contributed by atoms with Crippen molar-refractivity contribution >= 4 is 35.8 Å². The maximum Gasteiger partial charge on any atom is 0.349 e. The minimum absolute atomic E-state index is 0.245. The number of esters is 4. The Morgan fingerprint density at radius 3 is 0.967 bits per heavy atom. The van der Waals surface area contributed by atoms with Crippen molar-refractivity contribution in [1.82, 2.24) is 0 Å². The number of carboxylic acids is 2. The van der Waals surface area contributed by atoms with Crippen molar-refractivity contribution in [2.45, 2.75) is 77.8 Å². The van der Waals surface area contributed by atoms with E-state index >= 15 is 0 Å². The van der Waals surface area contributed by atoms with Crippen LogP contribution in [0.25, 0.3) is 0 Å². The Morgan fingerprint density at radius 2 is 0.767 bits per heavy atom. The normalized spacial score (nSPS) is 14.4. The molecule has 12 nitrogen and oxygen atoms in total. The fourth-order valence-electron chi connectivity index (χ4n) is 2.04. The average Bonchev–Trinajstić information content (AvgIpc) is 2.71. The van der Waals surface area contributed by atoms with Crippen LogP contribution in [0.15, 0.2) is 0 Å². The Morgan fingerprint density at radius 1 is 0.533 bits per heavy atom. The molecule has 30 heavy (non-hydrogen) atoms. The van der Waals surface area contributed by atoms with Gasteiger partial charge in [0.05, 0.1) is 0 Å². The Kier molecular flexibility index (Phi) is 11.7. The fourth-order valence-corrected chi connectivity index (χ4v) is 2.04. The molecule has 0 bridgehead atoms. The third kappa shape index (κ3) is 8.45. The van der Waals surface area contributed by atoms with Gasteiger partial charge in [-0.1, -0.05) is 27.7 Å². The molecule has 0 fully saturated rings. The number of carbonyl (C=O) groups excluding carboxylic acids is 4. The Hall–Kier alpha value is -3.18. The molecule has 4 unspecified atom stereocenters. The summed E-state index contributed by atoms with van der Waals surface area (Å²) in [5, 5.41) is 19.0. The van der Waals surface area contributed by atoms with Gasteiger partial charge < -0.3 is 29.2 Å². The number of hydrogen-bond donors (Lipinski definition) is 2. The summed E-state index contributed by atoms with van der Waals surface area (Å²) in [4.78, 5) is 70.6. The van der Waals surface area contributed by atoms with Crippen LogP contribution in [0.1, 0.15) is 53.4 Å². The van der Waals surface area contributed by atoms with Crippen molar-refractivity contribution < 1.29 is 57.9 Å². The summed E-state index contributed by atoms with van der Waals surface area (Å²) >= 11 is 0. The first kappa shape index (κ1) is 26.8. The van der Waals surface area contributed by atoms with Gasteiger partial charge in [0.2, 0.25) is 12.2 Å². The van der Waals surface area contributed by atoms with Gasteiger partial charge in [-0.05, 0) is 0 Å². The lowest BCUT2D eigenvalue weighted by Gasteiger charge is -2.33. The van der Waals surface area contributed by atoms with Gasteiger partial charge in [-0.3, -0.25) is 19.2 Å². The second kappa shape index (κ2) is 13.1. The maximum atomic E-state index is 11.9. The smallest absolute Gasteiger partial charge is 0.349 e. The molecule has 12 heteroatoms. The standard InChI is InChI=1S/C18H26O12/c1-5-9(19)27-13(15(17(23)24)29-11(21)7-3)14(28-10(20)6-2)16(18(25)26)30-12(22)8-4/h13-16H,5-8H2,1-4H3,(H,23,24)(H,25,26). The molecule has 0 spiro atoms. The van der Waals surface area contributed by atoms with Gasteiger partial charge in [0.25, 0.3) is 0 Å². The topological polar surface area (TPSA) is 180 Å². The minimum Gasteiger partial charge on any atom is -0.478 e. The third-order valence-corrected chi connectivity index (χ3v) is 3.61. The quantitative estimate of drug-likeness (QED) is 0.302. The first-order valence-corrected chi connectivity index (χ1v) is 9.25. The second-order valence-electron chi connectivity index (χ2n) is 5.82. The molecule has 0 aliphatic carbocycles. The van der Waals surface area contributed by atoms with Gasteiger partial charge in [-0.2, -0.15) is 0 Å². The predicted molar refractivity (Wildman–Crippen MR) is 96.0 cm³/mol. The van der Waals surface area contributed by atoms with Crippen molar-refractivity contribution in [2.24, 2.45) is 0 Å². The second-order valence-corrected chi connectivity index (χ2v) is 5.82.